The Balaban J connectivity index is 1.36. The predicted octanol–water partition coefficient (Wildman–Crippen LogP) is 3.77. The monoisotopic (exact) mass is 539 g/mol. The number of nitrogens with one attached hydrogen (secondary N) is 2. The molecule has 0 spiro atoms. The number of rotatable bonds is 14. The number of fused-ring (bicyclic) bond motifs is 2. The van der Waals surface area contributed by atoms with Gasteiger partial charge in [-0.2, -0.15) is 0 Å². The maximum absolute atomic E-state index is 14.3. The van der Waals surface area contributed by atoms with Crippen LogP contribution >= 0.6 is 0 Å². The van der Waals surface area contributed by atoms with Crippen LogP contribution < -0.4 is 15.4 Å². The molecule has 0 unspecified atom stereocenters. The maximum Gasteiger partial charge on any atom is 0.271 e. The van der Waals surface area contributed by atoms with E-state index in [9.17, 15) is 14.4 Å². The van der Waals surface area contributed by atoms with Gasteiger partial charge in [0.1, 0.15) is 11.9 Å². The van der Waals surface area contributed by atoms with Gasteiger partial charge in [-0.1, -0.05) is 16.9 Å². The fraction of sp³-hybridized carbons (Fsp3) is 0.517. The molecule has 1 aliphatic heterocycles. The van der Waals surface area contributed by atoms with Gasteiger partial charge in [0.15, 0.2) is 17.1 Å². The summed E-state index contributed by atoms with van der Waals surface area (Å²) < 4.78 is 20.6. The second-order valence-corrected chi connectivity index (χ2v) is 10.3. The Morgan fingerprint density at radius 2 is 2.13 bits per heavy atom. The second-order valence-electron chi connectivity index (χ2n) is 10.3. The van der Waals surface area contributed by atoms with Gasteiger partial charge in [-0.25, -0.2) is 9.37 Å². The number of aromatic nitrogens is 3. The number of pyridine rings is 1. The average molecular weight is 540 g/mol. The minimum atomic E-state index is -0.565. The molecular weight excluding hydrogens is 499 g/mol. The summed E-state index contributed by atoms with van der Waals surface area (Å²) in [6, 6.07) is 8.31. The molecule has 0 bridgehead atoms. The summed E-state index contributed by atoms with van der Waals surface area (Å²) in [5.41, 5.74) is 2.54. The van der Waals surface area contributed by atoms with E-state index in [1.54, 1.807) is 19.2 Å². The molecule has 3 N–H and O–H groups in total. The third-order valence-electron chi connectivity index (χ3n) is 7.33. The number of aryl methyl sites for hydroxylation is 2. The van der Waals surface area contributed by atoms with Gasteiger partial charge in [-0.3, -0.25) is 10.1 Å². The van der Waals surface area contributed by atoms with Crippen molar-refractivity contribution in [3.63, 3.8) is 0 Å². The maximum atomic E-state index is 14.3. The number of anilines is 2. The summed E-state index contributed by atoms with van der Waals surface area (Å²) >= 11 is 0. The van der Waals surface area contributed by atoms with Crippen LogP contribution in [0.2, 0.25) is 0 Å². The number of unbranched alkanes of at least 4 members (excludes halogenated alkanes) is 1. The summed E-state index contributed by atoms with van der Waals surface area (Å²) in [5, 5.41) is 17.3. The zero-order chi connectivity index (χ0) is 27.8. The van der Waals surface area contributed by atoms with E-state index in [0.29, 0.717) is 18.4 Å². The Bertz CT molecular complexity index is 1270. The Hall–Kier alpha value is -3.37. The van der Waals surface area contributed by atoms with Crippen LogP contribution in [-0.2, 0) is 22.4 Å². The number of carbonyl (C=O) groups is 1. The molecule has 0 amide bonds. The quantitative estimate of drug-likeness (QED) is 0.162. The zero-order valence-electron chi connectivity index (χ0n) is 23.1. The number of hydrogen-bond donors (Lipinski definition) is 3. The first-order valence-corrected chi connectivity index (χ1v) is 13.8. The molecule has 2 atom stereocenters. The topological polar surface area (TPSA) is 103 Å². The number of ketones is 1. The molecular formula is C29H40FN6O3+. The van der Waals surface area contributed by atoms with Crippen molar-refractivity contribution in [2.24, 2.45) is 0 Å². The van der Waals surface area contributed by atoms with E-state index in [1.165, 1.54) is 18.6 Å². The summed E-state index contributed by atoms with van der Waals surface area (Å²) in [7, 11) is 1.70. The first-order chi connectivity index (χ1) is 18.9. The van der Waals surface area contributed by atoms with Crippen molar-refractivity contribution in [2.75, 3.05) is 43.9 Å². The van der Waals surface area contributed by atoms with Crippen LogP contribution in [0, 0.1) is 5.82 Å². The van der Waals surface area contributed by atoms with Gasteiger partial charge in [-0.15, -0.1) is 4.98 Å². The number of Topliss-reactive ketones (excluding diaryl/α,β-unsaturated/α-hetero) is 1. The molecule has 0 aliphatic carbocycles. The highest BCUT2D eigenvalue weighted by Crippen LogP contribution is 2.22. The molecule has 0 saturated carbocycles. The highest BCUT2D eigenvalue weighted by Gasteiger charge is 2.25. The van der Waals surface area contributed by atoms with E-state index >= 15 is 0 Å². The summed E-state index contributed by atoms with van der Waals surface area (Å²) in [4.78, 5) is 23.7. The summed E-state index contributed by atoms with van der Waals surface area (Å²) in [6.45, 7) is 6.81. The minimum Gasteiger partial charge on any atom is -0.380 e. The molecule has 0 fully saturated rings. The third kappa shape index (κ3) is 7.60. The number of ether oxygens (including phenoxy) is 1. The number of hydrogen-bond acceptors (Lipinski definition) is 8. The van der Waals surface area contributed by atoms with Gasteiger partial charge in [0.2, 0.25) is 0 Å². The molecule has 2 aromatic heterocycles. The van der Waals surface area contributed by atoms with Crippen LogP contribution in [0.5, 0.6) is 0 Å². The molecule has 3 heterocycles. The van der Waals surface area contributed by atoms with Crippen molar-refractivity contribution in [3.8, 4) is 0 Å². The number of para-hydroxylation sites is 1. The van der Waals surface area contributed by atoms with Crippen molar-refractivity contribution in [1.82, 2.24) is 14.9 Å². The van der Waals surface area contributed by atoms with Crippen LogP contribution in [0.4, 0.5) is 16.0 Å². The van der Waals surface area contributed by atoms with E-state index < -0.39 is 11.9 Å². The lowest BCUT2D eigenvalue weighted by Crippen LogP contribution is -2.42. The van der Waals surface area contributed by atoms with Crippen molar-refractivity contribution >= 4 is 28.3 Å². The van der Waals surface area contributed by atoms with Crippen molar-refractivity contribution in [3.05, 3.63) is 53.7 Å². The Morgan fingerprint density at radius 1 is 1.28 bits per heavy atom. The lowest BCUT2D eigenvalue weighted by molar-refractivity contribution is -0.894. The first kappa shape index (κ1) is 28.6. The Kier molecular flexibility index (Phi) is 10.00. The van der Waals surface area contributed by atoms with Gasteiger partial charge in [-0.05, 0) is 76.3 Å². The average Bonchev–Trinajstić information content (AvgIpc) is 2.93. The number of carbonyl (C=O) groups excluding carboxylic acids is 1. The van der Waals surface area contributed by atoms with Gasteiger partial charge < -0.3 is 20.2 Å². The van der Waals surface area contributed by atoms with E-state index in [2.05, 4.69) is 32.7 Å². The normalized spacial score (nSPS) is 14.6. The minimum absolute atomic E-state index is 0.0499. The molecule has 0 radical (unpaired) electrons. The SMILES string of the molecule is CO[C@H](C)CN(CCCCc1ccc2c(n1)NCCC2)CC[C@H](Nc1c2cccc(F)c2nc[n+]1O)C(C)=O. The standard InChI is InChI=1S/C29H39FN6O3/c1-20(39-3)18-35(16-5-4-9-23-13-12-22-8-7-15-31-28(22)33-23)17-14-26(21(2)37)34-29-24-10-6-11-25(30)27(24)32-19-36(29)38/h6,10-13,19-20,26,38H,4-5,7-9,14-18H2,1-3H3,(H,31,33)/p+1/t20-,26+/m1/s1. The van der Waals surface area contributed by atoms with Crippen molar-refractivity contribution in [2.45, 2.75) is 64.5 Å². The first-order valence-electron chi connectivity index (χ1n) is 13.8. The molecule has 0 saturated heterocycles. The fourth-order valence-corrected chi connectivity index (χ4v) is 5.01. The molecule has 39 heavy (non-hydrogen) atoms. The largest absolute Gasteiger partial charge is 0.380 e. The Morgan fingerprint density at radius 3 is 2.92 bits per heavy atom. The molecule has 9 nitrogen and oxygen atoms in total. The van der Waals surface area contributed by atoms with Crippen LogP contribution in [0.15, 0.2) is 36.7 Å². The van der Waals surface area contributed by atoms with E-state index in [-0.39, 0.29) is 23.2 Å². The summed E-state index contributed by atoms with van der Waals surface area (Å²) in [6.07, 6.45) is 6.86. The number of methoxy groups -OCH3 is 1. The van der Waals surface area contributed by atoms with Crippen LogP contribution in [0.1, 0.15) is 50.8 Å². The predicted molar refractivity (Wildman–Crippen MR) is 149 cm³/mol. The van der Waals surface area contributed by atoms with Crippen LogP contribution in [-0.4, -0.2) is 71.3 Å². The number of benzene rings is 1. The number of nitrogens with zero attached hydrogens (tertiary/aromatic N) is 4. The van der Waals surface area contributed by atoms with E-state index in [0.717, 1.165) is 74.3 Å². The highest BCUT2D eigenvalue weighted by atomic mass is 19.1. The van der Waals surface area contributed by atoms with Gasteiger partial charge in [0.25, 0.3) is 12.1 Å². The van der Waals surface area contributed by atoms with Crippen LogP contribution in [0.3, 0.4) is 0 Å². The zero-order valence-corrected chi connectivity index (χ0v) is 23.1. The van der Waals surface area contributed by atoms with Gasteiger partial charge in [0, 0.05) is 38.9 Å². The lowest BCUT2D eigenvalue weighted by Gasteiger charge is -2.26. The highest BCUT2D eigenvalue weighted by molar-refractivity contribution is 5.91. The molecule has 4 rings (SSSR count). The Labute approximate surface area is 229 Å². The van der Waals surface area contributed by atoms with Gasteiger partial charge >= 0.3 is 0 Å². The molecule has 1 aromatic carbocycles. The third-order valence-corrected chi connectivity index (χ3v) is 7.33. The lowest BCUT2D eigenvalue weighted by atomic mass is 10.1. The molecule has 210 valence electrons. The van der Waals surface area contributed by atoms with Crippen LogP contribution in [0.25, 0.3) is 10.9 Å². The van der Waals surface area contributed by atoms with E-state index in [4.69, 9.17) is 9.72 Å². The van der Waals surface area contributed by atoms with Gasteiger partial charge in [0.05, 0.1) is 11.5 Å². The smallest absolute Gasteiger partial charge is 0.271 e. The molecule has 1 aliphatic rings. The second kappa shape index (κ2) is 13.6. The number of halogens is 1. The summed E-state index contributed by atoms with van der Waals surface area (Å²) in [5.74, 6) is 0.717. The van der Waals surface area contributed by atoms with Crippen molar-refractivity contribution < 1.29 is 23.9 Å². The van der Waals surface area contributed by atoms with Crippen molar-refractivity contribution in [1.29, 1.82) is 0 Å². The van der Waals surface area contributed by atoms with E-state index in [1.807, 2.05) is 6.92 Å². The molecule has 10 heteroatoms. The fourth-order valence-electron chi connectivity index (χ4n) is 5.01. The molecule has 3 aromatic rings.